The summed E-state index contributed by atoms with van der Waals surface area (Å²) in [6, 6.07) is 174. The van der Waals surface area contributed by atoms with Crippen molar-refractivity contribution >= 4 is 129 Å². The largest absolute Gasteiger partial charge is 0.310 e. The van der Waals surface area contributed by atoms with E-state index in [2.05, 4.69) is 523 Å². The predicted octanol–water partition coefficient (Wildman–Crippen LogP) is 39.0. The lowest BCUT2D eigenvalue weighted by Crippen LogP contribution is -2.15. The molecule has 3 nitrogen and oxygen atoms in total. The summed E-state index contributed by atoms with van der Waals surface area (Å²) in [5, 5.41) is 12.4. The number of para-hydroxylation sites is 3. The van der Waals surface area contributed by atoms with Crippen LogP contribution in [0, 0.1) is 0 Å². The summed E-state index contributed by atoms with van der Waals surface area (Å²) in [5.41, 5.74) is 39.2. The van der Waals surface area contributed by atoms with Gasteiger partial charge in [0.25, 0.3) is 0 Å². The van der Waals surface area contributed by atoms with Crippen molar-refractivity contribution in [1.29, 1.82) is 0 Å². The van der Waals surface area contributed by atoms with E-state index in [1.807, 2.05) is 18.2 Å². The van der Waals surface area contributed by atoms with Gasteiger partial charge in [-0.15, -0.1) is 0 Å². The highest BCUT2D eigenvalue weighted by Crippen LogP contribution is 2.57. The molecule has 139 heavy (non-hydrogen) atoms. The van der Waals surface area contributed by atoms with Crippen molar-refractivity contribution in [2.45, 2.75) is 57.8 Å². The second-order valence-corrected chi connectivity index (χ2v) is 39.6. The normalized spacial score (nSPS) is 13.0. The van der Waals surface area contributed by atoms with Crippen molar-refractivity contribution in [2.75, 3.05) is 14.7 Å². The Kier molecular flexibility index (Phi) is 22.6. The topological polar surface area (TPSA) is 9.72 Å². The molecule has 0 spiro atoms. The van der Waals surface area contributed by atoms with E-state index in [9.17, 15) is 0 Å². The molecule has 0 saturated heterocycles. The number of anilines is 9. The first kappa shape index (κ1) is 87.2. The average molecular weight is 1840 g/mol. The van der Waals surface area contributed by atoms with Crippen LogP contribution in [0.5, 0.6) is 0 Å². The molecule has 0 aromatic heterocycles. The quantitative estimate of drug-likeness (QED) is 0.101. The summed E-state index contributed by atoms with van der Waals surface area (Å²) in [5.74, 6) is 0. The van der Waals surface area contributed by atoms with E-state index < -0.39 is 0 Å². The van der Waals surface area contributed by atoms with Gasteiger partial charge in [0.1, 0.15) is 0 Å². The number of benzene rings is 22. The Bertz CT molecular complexity index is 8370. The van der Waals surface area contributed by atoms with Gasteiger partial charge in [0.05, 0.1) is 0 Å². The minimum absolute atomic E-state index is 0.0910. The van der Waals surface area contributed by atoms with Crippen molar-refractivity contribution in [3.8, 4) is 100 Å². The number of fused-ring (bicyclic) bond motifs is 15. The molecule has 22 aromatic rings. The molecule has 0 radical (unpaired) electrons. The highest BCUT2D eigenvalue weighted by atomic mass is 35.5. The van der Waals surface area contributed by atoms with Crippen molar-refractivity contribution in [2.24, 2.45) is 0 Å². The van der Waals surface area contributed by atoms with Crippen molar-refractivity contribution in [3.05, 3.63) is 534 Å². The smallest absolute Gasteiger partial charge is 0.0482 e. The summed E-state index contributed by atoms with van der Waals surface area (Å²) in [6.07, 6.45) is 0. The summed E-state index contributed by atoms with van der Waals surface area (Å²) in [6.45, 7) is 14.1. The van der Waals surface area contributed by atoms with Crippen LogP contribution in [0.25, 0.3) is 143 Å². The van der Waals surface area contributed by atoms with Crippen LogP contribution in [0.15, 0.2) is 485 Å². The molecule has 3 aliphatic rings. The van der Waals surface area contributed by atoms with Crippen LogP contribution in [-0.2, 0) is 16.2 Å². The fourth-order valence-electron chi connectivity index (χ4n) is 21.8. The zero-order valence-corrected chi connectivity index (χ0v) is 80.4. The maximum Gasteiger partial charge on any atom is 0.0482 e. The second-order valence-electron chi connectivity index (χ2n) is 38.3. The lowest BCUT2D eigenvalue weighted by Gasteiger charge is -2.27. The molecule has 25 rings (SSSR count). The minimum atomic E-state index is -0.131. The van der Waals surface area contributed by atoms with Gasteiger partial charge in [-0.05, 0) is 334 Å². The first-order chi connectivity index (χ1) is 67.9. The van der Waals surface area contributed by atoms with Gasteiger partial charge in [0, 0.05) is 82.5 Å². The third-order valence-electron chi connectivity index (χ3n) is 28.8. The molecule has 3 aliphatic carbocycles. The molecule has 0 atom stereocenters. The molecular weight excluding hydrogens is 1750 g/mol. The van der Waals surface area contributed by atoms with Gasteiger partial charge >= 0.3 is 0 Å². The van der Waals surface area contributed by atoms with Crippen molar-refractivity contribution < 1.29 is 0 Å². The Labute approximate surface area is 829 Å². The van der Waals surface area contributed by atoms with E-state index in [4.69, 9.17) is 34.8 Å². The number of hydrogen-bond donors (Lipinski definition) is 0. The first-order valence-electron chi connectivity index (χ1n) is 47.8. The zero-order valence-electron chi connectivity index (χ0n) is 78.2. The first-order valence-corrected chi connectivity index (χ1v) is 48.9. The van der Waals surface area contributed by atoms with Crippen molar-refractivity contribution in [3.63, 3.8) is 0 Å². The Morgan fingerprint density at radius 1 is 0.151 bits per heavy atom. The number of hydrogen-bond acceptors (Lipinski definition) is 3. The van der Waals surface area contributed by atoms with Gasteiger partial charge < -0.3 is 14.7 Å². The van der Waals surface area contributed by atoms with Crippen LogP contribution < -0.4 is 14.7 Å². The lowest BCUT2D eigenvalue weighted by atomic mass is 9.81. The van der Waals surface area contributed by atoms with Gasteiger partial charge in [0.2, 0.25) is 0 Å². The Morgan fingerprint density at radius 2 is 0.439 bits per heavy atom. The Morgan fingerprint density at radius 3 is 0.871 bits per heavy atom. The molecule has 666 valence electrons. The van der Waals surface area contributed by atoms with E-state index >= 15 is 0 Å². The van der Waals surface area contributed by atoms with Gasteiger partial charge in [-0.2, -0.15) is 0 Å². The maximum atomic E-state index is 7.06. The van der Waals surface area contributed by atoms with Crippen LogP contribution in [0.4, 0.5) is 51.2 Å². The van der Waals surface area contributed by atoms with E-state index in [0.717, 1.165) is 90.1 Å². The van der Waals surface area contributed by atoms with E-state index in [0.29, 0.717) is 15.1 Å². The summed E-state index contributed by atoms with van der Waals surface area (Å²) >= 11 is 20.8. The molecule has 0 fully saturated rings. The standard InChI is InChI=1S/C49H36ClN.C47H34ClN.C37H28ClN/c1-49(2)46-26-24-35-17-9-10-22-44(35)48(46)45-25-23-38(31-47(45)49)39-27-40(50)32-43(30-39)51(41-20-11-18-36(28-41)33-13-5-3-6-14-33)42-21-12-19-37(29-42)34-15-7-4-8-16-34;1-47(2)44-26-22-32-12-7-9-17-42(32)46(44)43-25-21-34(29-45(43)47)35-27-36(48)30-39(28-35)49(37-14-4-3-5-15-37)38-23-19-33(20-24-38)41-18-10-13-31-11-6-8-16-40(31)41;1-37(2)35-23-27(17-18-33(35)34-21-25-11-9-10-12-26(25)22-36(34)37)28-19-29(38)24-32(20-28)39(30-13-5-3-6-14-30)31-15-7-4-8-16-31/h3-32H,1-2H3;3-30H,1-2H3;3-24H,1-2H3. The fourth-order valence-corrected chi connectivity index (χ4v) is 22.5. The number of nitrogens with zero attached hydrogens (tertiary/aromatic N) is 3. The predicted molar refractivity (Wildman–Crippen MR) is 594 cm³/mol. The van der Waals surface area contributed by atoms with E-state index in [-0.39, 0.29) is 16.2 Å². The Hall–Kier alpha value is -15.9. The van der Waals surface area contributed by atoms with Crippen LogP contribution >= 0.6 is 34.8 Å². The van der Waals surface area contributed by atoms with E-state index in [1.165, 1.54) is 138 Å². The minimum Gasteiger partial charge on any atom is -0.310 e. The average Bonchev–Trinajstić information content (AvgIpc) is 1.56. The monoisotopic (exact) mass is 1840 g/mol. The highest BCUT2D eigenvalue weighted by molar-refractivity contribution is 6.32. The number of halogens is 3. The second kappa shape index (κ2) is 36.0. The summed E-state index contributed by atoms with van der Waals surface area (Å²) in [7, 11) is 0. The maximum absolute atomic E-state index is 7.06. The molecule has 0 N–H and O–H groups in total. The summed E-state index contributed by atoms with van der Waals surface area (Å²) in [4.78, 5) is 6.88. The van der Waals surface area contributed by atoms with Crippen LogP contribution in [0.3, 0.4) is 0 Å². The molecule has 0 aliphatic heterocycles. The van der Waals surface area contributed by atoms with Gasteiger partial charge in [0.15, 0.2) is 0 Å². The molecular formula is C133H98Cl3N3. The van der Waals surface area contributed by atoms with Gasteiger partial charge in [-0.3, -0.25) is 0 Å². The Balaban J connectivity index is 0.000000118. The molecule has 0 bridgehead atoms. The molecule has 0 amide bonds. The molecule has 0 heterocycles. The van der Waals surface area contributed by atoms with Gasteiger partial charge in [-0.25, -0.2) is 0 Å². The summed E-state index contributed by atoms with van der Waals surface area (Å²) < 4.78 is 0. The molecule has 0 unspecified atom stereocenters. The van der Waals surface area contributed by atoms with Crippen LogP contribution in [-0.4, -0.2) is 0 Å². The molecule has 6 heteroatoms. The van der Waals surface area contributed by atoms with Crippen molar-refractivity contribution in [1.82, 2.24) is 0 Å². The van der Waals surface area contributed by atoms with E-state index in [1.54, 1.807) is 0 Å². The number of rotatable bonds is 15. The molecule has 22 aromatic carbocycles. The fraction of sp³-hybridized carbons (Fsp3) is 0.0677. The van der Waals surface area contributed by atoms with Gasteiger partial charge in [-0.1, -0.05) is 404 Å². The third kappa shape index (κ3) is 16.3. The third-order valence-corrected chi connectivity index (χ3v) is 29.4. The van der Waals surface area contributed by atoms with Crippen LogP contribution in [0.2, 0.25) is 15.1 Å². The highest BCUT2D eigenvalue weighted by Gasteiger charge is 2.40. The SMILES string of the molecule is CC1(C)c2cc(-c3cc(Cl)cc(N(c4cccc(-c5ccccc5)c4)c4cccc(-c5ccccc5)c4)c3)ccc2-c2c1ccc1ccccc21.CC1(C)c2cc(-c3cc(Cl)cc(N(c4ccccc4)c4ccc(-c5cccc6ccccc56)cc4)c3)ccc2-c2c1ccc1ccccc21.CC1(C)c2cc(-c3cc(Cl)cc(N(c4ccccc4)c4ccccc4)c3)ccc2-c2cc3ccccc3cc21. The van der Waals surface area contributed by atoms with Crippen LogP contribution in [0.1, 0.15) is 74.9 Å². The lowest BCUT2D eigenvalue weighted by molar-refractivity contribution is 0.661. The zero-order chi connectivity index (χ0) is 94.2. The molecule has 0 saturated carbocycles.